The zero-order valence-electron chi connectivity index (χ0n) is 15.1. The van der Waals surface area contributed by atoms with Crippen molar-refractivity contribution < 1.29 is 4.74 Å². The lowest BCUT2D eigenvalue weighted by molar-refractivity contribution is 0.277. The minimum absolute atomic E-state index is 0.0437. The first-order valence-electron chi connectivity index (χ1n) is 9.89. The fraction of sp³-hybridized carbons (Fsp3) is 0.0769. The summed E-state index contributed by atoms with van der Waals surface area (Å²) in [5, 5.41) is 8.26. The van der Waals surface area contributed by atoms with Gasteiger partial charge in [0.2, 0.25) is 0 Å². The molecule has 1 unspecified atom stereocenters. The Morgan fingerprint density at radius 1 is 0.821 bits per heavy atom. The van der Waals surface area contributed by atoms with Gasteiger partial charge in [-0.1, -0.05) is 42.5 Å². The first-order valence-corrected chi connectivity index (χ1v) is 9.89. The van der Waals surface area contributed by atoms with E-state index in [9.17, 15) is 0 Å². The molecule has 1 aromatic heterocycles. The highest BCUT2D eigenvalue weighted by Gasteiger charge is 2.34. The summed E-state index contributed by atoms with van der Waals surface area (Å²) in [4.78, 5) is 0. The molecule has 3 aliphatic rings. The van der Waals surface area contributed by atoms with Crippen LogP contribution in [0.1, 0.15) is 22.8 Å². The van der Waals surface area contributed by atoms with E-state index in [1.165, 1.54) is 60.2 Å². The number of ether oxygens (including phenoxy) is 1. The topological polar surface area (TPSA) is 14.2 Å². The van der Waals surface area contributed by atoms with Crippen LogP contribution in [0.3, 0.4) is 0 Å². The highest BCUT2D eigenvalue weighted by molar-refractivity contribution is 6.28. The van der Waals surface area contributed by atoms with Crippen molar-refractivity contribution >= 4 is 44.6 Å². The second-order valence-corrected chi connectivity index (χ2v) is 8.05. The van der Waals surface area contributed by atoms with E-state index in [-0.39, 0.29) is 6.10 Å². The second-order valence-electron chi connectivity index (χ2n) is 8.05. The Bertz CT molecular complexity index is 1600. The standard InChI is InChI=1S/C26H15NO/c1-2-4-16(5-3-1)27-17-10-6-14-8-12-19-25-21(14)23(17)24-18(27)11-7-15-9-13-20(28-19)26(25)22(15)24/h1-6,8-13,19H,7H2. The lowest BCUT2D eigenvalue weighted by Crippen LogP contribution is -2.17. The van der Waals surface area contributed by atoms with Crippen LogP contribution in [0.5, 0.6) is 5.75 Å². The largest absolute Gasteiger partial charge is 0.481 e. The lowest BCUT2D eigenvalue weighted by atomic mass is 9.84. The Labute approximate surface area is 160 Å². The van der Waals surface area contributed by atoms with E-state index in [0.717, 1.165) is 12.2 Å². The normalized spacial score (nSPS) is 17.9. The van der Waals surface area contributed by atoms with Gasteiger partial charge < -0.3 is 9.30 Å². The summed E-state index contributed by atoms with van der Waals surface area (Å²) in [5.74, 6) is 1.04. The molecule has 0 spiro atoms. The van der Waals surface area contributed by atoms with E-state index in [2.05, 4.69) is 77.4 Å². The van der Waals surface area contributed by atoms with Gasteiger partial charge in [0, 0.05) is 27.4 Å². The molecule has 0 N–H and O–H groups in total. The minimum Gasteiger partial charge on any atom is -0.481 e. The van der Waals surface area contributed by atoms with Crippen LogP contribution in [0.4, 0.5) is 0 Å². The predicted molar refractivity (Wildman–Crippen MR) is 114 cm³/mol. The molecular weight excluding hydrogens is 342 g/mol. The number of nitrogens with zero attached hydrogens (tertiary/aromatic N) is 1. The van der Waals surface area contributed by atoms with Crippen molar-refractivity contribution in [1.29, 1.82) is 0 Å². The molecule has 28 heavy (non-hydrogen) atoms. The summed E-state index contributed by atoms with van der Waals surface area (Å²) in [5.41, 5.74) is 6.63. The van der Waals surface area contributed by atoms with Gasteiger partial charge in [0.15, 0.2) is 0 Å². The van der Waals surface area contributed by atoms with E-state index < -0.39 is 0 Å². The molecule has 0 saturated carbocycles. The summed E-state index contributed by atoms with van der Waals surface area (Å²) < 4.78 is 8.80. The number of para-hydroxylation sites is 1. The molecule has 8 rings (SSSR count). The average Bonchev–Trinajstić information content (AvgIpc) is 3.30. The molecule has 130 valence electrons. The third-order valence-corrected chi connectivity index (χ3v) is 6.76. The maximum absolute atomic E-state index is 6.35. The first kappa shape index (κ1) is 13.6. The summed E-state index contributed by atoms with van der Waals surface area (Å²) in [7, 11) is 0. The van der Waals surface area contributed by atoms with Crippen molar-refractivity contribution in [3.8, 4) is 11.4 Å². The van der Waals surface area contributed by atoms with Crippen LogP contribution >= 0.6 is 0 Å². The van der Waals surface area contributed by atoms with Gasteiger partial charge in [0.25, 0.3) is 0 Å². The Kier molecular flexibility index (Phi) is 2.10. The molecule has 5 aromatic rings. The fourth-order valence-corrected chi connectivity index (χ4v) is 5.73. The van der Waals surface area contributed by atoms with E-state index in [0.29, 0.717) is 0 Å². The summed E-state index contributed by atoms with van der Waals surface area (Å²) in [6, 6.07) is 19.7. The van der Waals surface area contributed by atoms with Crippen molar-refractivity contribution in [3.05, 3.63) is 82.7 Å². The number of hydrogen-bond acceptors (Lipinski definition) is 1. The van der Waals surface area contributed by atoms with E-state index in [4.69, 9.17) is 4.74 Å². The van der Waals surface area contributed by atoms with Crippen molar-refractivity contribution in [1.82, 2.24) is 4.57 Å². The molecular formula is C26H15NO. The van der Waals surface area contributed by atoms with Crippen molar-refractivity contribution in [2.75, 3.05) is 0 Å². The van der Waals surface area contributed by atoms with Gasteiger partial charge in [0.1, 0.15) is 11.9 Å². The minimum atomic E-state index is 0.0437. The first-order chi connectivity index (χ1) is 13.9. The molecule has 0 bridgehead atoms. The summed E-state index contributed by atoms with van der Waals surface area (Å²) >= 11 is 0. The summed E-state index contributed by atoms with van der Waals surface area (Å²) in [6.07, 6.45) is 7.86. The molecule has 2 heterocycles. The smallest absolute Gasteiger partial charge is 0.144 e. The van der Waals surface area contributed by atoms with Crippen LogP contribution in [0.25, 0.3) is 50.3 Å². The van der Waals surface area contributed by atoms with Gasteiger partial charge in [0.05, 0.1) is 10.9 Å². The van der Waals surface area contributed by atoms with Crippen LogP contribution in [-0.2, 0) is 6.42 Å². The van der Waals surface area contributed by atoms with Gasteiger partial charge in [-0.3, -0.25) is 0 Å². The molecule has 2 nitrogen and oxygen atoms in total. The molecule has 2 heteroatoms. The third kappa shape index (κ3) is 1.32. The molecule has 0 fully saturated rings. The quantitative estimate of drug-likeness (QED) is 0.364. The van der Waals surface area contributed by atoms with Gasteiger partial charge in [-0.2, -0.15) is 0 Å². The highest BCUT2D eigenvalue weighted by atomic mass is 16.5. The monoisotopic (exact) mass is 357 g/mol. The fourth-order valence-electron chi connectivity index (χ4n) is 5.73. The number of aromatic nitrogens is 1. The molecule has 0 saturated heterocycles. The van der Waals surface area contributed by atoms with Crippen molar-refractivity contribution in [2.45, 2.75) is 12.5 Å². The molecule has 1 atom stereocenters. The Morgan fingerprint density at radius 3 is 2.68 bits per heavy atom. The SMILES string of the molecule is C1=CC2Oc3ccc4c5c3c2c2c1ccc1c2c5c(n1-c1ccccc1)=CC4. The van der Waals surface area contributed by atoms with Gasteiger partial charge >= 0.3 is 0 Å². The zero-order chi connectivity index (χ0) is 18.0. The van der Waals surface area contributed by atoms with Crippen LogP contribution in [0.15, 0.2) is 60.7 Å². The Hall–Kier alpha value is -3.52. The van der Waals surface area contributed by atoms with Crippen LogP contribution in [-0.4, -0.2) is 4.57 Å². The highest BCUT2D eigenvalue weighted by Crippen LogP contribution is 2.53. The second kappa shape index (κ2) is 4.31. The lowest BCUT2D eigenvalue weighted by Gasteiger charge is -2.18. The molecule has 4 aromatic carbocycles. The summed E-state index contributed by atoms with van der Waals surface area (Å²) in [6.45, 7) is 0. The number of hydrogen-bond donors (Lipinski definition) is 0. The molecule has 0 amide bonds. The Morgan fingerprint density at radius 2 is 1.75 bits per heavy atom. The predicted octanol–water partition coefficient (Wildman–Crippen LogP) is 5.45. The molecule has 2 aliphatic carbocycles. The van der Waals surface area contributed by atoms with Crippen LogP contribution in [0.2, 0.25) is 0 Å². The van der Waals surface area contributed by atoms with E-state index in [1.54, 1.807) is 0 Å². The van der Waals surface area contributed by atoms with E-state index >= 15 is 0 Å². The molecule has 1 aliphatic heterocycles. The van der Waals surface area contributed by atoms with Gasteiger partial charge in [-0.15, -0.1) is 0 Å². The average molecular weight is 357 g/mol. The maximum Gasteiger partial charge on any atom is 0.144 e. The molecule has 0 radical (unpaired) electrons. The van der Waals surface area contributed by atoms with Gasteiger partial charge in [-0.25, -0.2) is 0 Å². The van der Waals surface area contributed by atoms with Crippen LogP contribution < -0.4 is 10.1 Å². The Balaban J connectivity index is 1.77. The third-order valence-electron chi connectivity index (χ3n) is 6.76. The van der Waals surface area contributed by atoms with E-state index in [1.807, 2.05) is 0 Å². The van der Waals surface area contributed by atoms with Gasteiger partial charge in [-0.05, 0) is 58.7 Å². The number of benzene rings is 4. The maximum atomic E-state index is 6.35. The van der Waals surface area contributed by atoms with Crippen LogP contribution in [0, 0.1) is 0 Å². The number of rotatable bonds is 1. The van der Waals surface area contributed by atoms with Crippen molar-refractivity contribution in [2.24, 2.45) is 0 Å². The zero-order valence-corrected chi connectivity index (χ0v) is 15.1. The van der Waals surface area contributed by atoms with Crippen molar-refractivity contribution in [3.63, 3.8) is 0 Å².